The molecule has 0 radical (unpaired) electrons. The minimum absolute atomic E-state index is 0.0204. The van der Waals surface area contributed by atoms with Gasteiger partial charge in [0.2, 0.25) is 0 Å². The third-order valence-corrected chi connectivity index (χ3v) is 3.47. The van der Waals surface area contributed by atoms with Gasteiger partial charge < -0.3 is 0 Å². The zero-order valence-electron chi connectivity index (χ0n) is 8.40. The molecular formula is C11H14O2S. The van der Waals surface area contributed by atoms with Crippen LogP contribution in [0, 0.1) is 5.92 Å². The summed E-state index contributed by atoms with van der Waals surface area (Å²) in [6, 6.07) is 7.76. The highest BCUT2D eigenvalue weighted by atomic mass is 32.2. The molecule has 0 bridgehead atoms. The van der Waals surface area contributed by atoms with Crippen molar-refractivity contribution in [1.82, 2.24) is 0 Å². The number of benzene rings is 1. The lowest BCUT2D eigenvalue weighted by Crippen LogP contribution is -2.01. The second-order valence-electron chi connectivity index (χ2n) is 3.99. The van der Waals surface area contributed by atoms with Crippen molar-refractivity contribution in [3.8, 4) is 0 Å². The summed E-state index contributed by atoms with van der Waals surface area (Å²) in [5, 5.41) is 0. The van der Waals surface area contributed by atoms with E-state index in [-0.39, 0.29) is 6.10 Å². The van der Waals surface area contributed by atoms with Gasteiger partial charge in [0.05, 0.1) is 4.90 Å². The summed E-state index contributed by atoms with van der Waals surface area (Å²) in [5.41, 5.74) is 1.10. The van der Waals surface area contributed by atoms with Crippen molar-refractivity contribution >= 4 is 11.1 Å². The SMILES string of the molecule is CC(C)CC1OS(=O)c2ccccc21. The first-order chi connectivity index (χ1) is 6.68. The summed E-state index contributed by atoms with van der Waals surface area (Å²) < 4.78 is 17.0. The van der Waals surface area contributed by atoms with E-state index in [2.05, 4.69) is 13.8 Å². The van der Waals surface area contributed by atoms with Crippen LogP contribution in [0.2, 0.25) is 0 Å². The van der Waals surface area contributed by atoms with Gasteiger partial charge in [-0.15, -0.1) is 0 Å². The molecule has 1 heterocycles. The van der Waals surface area contributed by atoms with Crippen LogP contribution < -0.4 is 0 Å². The molecule has 0 saturated carbocycles. The highest BCUT2D eigenvalue weighted by molar-refractivity contribution is 7.80. The third kappa shape index (κ3) is 1.74. The summed E-state index contributed by atoms with van der Waals surface area (Å²) in [6.45, 7) is 4.29. The Kier molecular flexibility index (Phi) is 2.70. The lowest BCUT2D eigenvalue weighted by Gasteiger charge is -2.11. The first-order valence-electron chi connectivity index (χ1n) is 4.86. The van der Waals surface area contributed by atoms with Gasteiger partial charge in [0.1, 0.15) is 6.10 Å². The largest absolute Gasteiger partial charge is 0.278 e. The first-order valence-corrected chi connectivity index (χ1v) is 5.94. The van der Waals surface area contributed by atoms with Crippen LogP contribution in [0.4, 0.5) is 0 Å². The fraction of sp³-hybridized carbons (Fsp3) is 0.455. The zero-order valence-corrected chi connectivity index (χ0v) is 9.21. The van der Waals surface area contributed by atoms with Crippen LogP contribution in [0.15, 0.2) is 29.2 Å². The van der Waals surface area contributed by atoms with Gasteiger partial charge in [0.15, 0.2) is 11.1 Å². The van der Waals surface area contributed by atoms with Gasteiger partial charge in [0.25, 0.3) is 0 Å². The molecule has 2 rings (SSSR count). The number of fused-ring (bicyclic) bond motifs is 1. The molecule has 1 aliphatic heterocycles. The van der Waals surface area contributed by atoms with Crippen LogP contribution in [-0.2, 0) is 15.3 Å². The van der Waals surface area contributed by atoms with Gasteiger partial charge in [-0.3, -0.25) is 4.18 Å². The fourth-order valence-corrected chi connectivity index (χ4v) is 2.78. The van der Waals surface area contributed by atoms with Crippen molar-refractivity contribution in [3.05, 3.63) is 29.8 Å². The van der Waals surface area contributed by atoms with Gasteiger partial charge >= 0.3 is 0 Å². The lowest BCUT2D eigenvalue weighted by molar-refractivity contribution is 0.212. The van der Waals surface area contributed by atoms with E-state index in [1.54, 1.807) is 0 Å². The third-order valence-electron chi connectivity index (χ3n) is 2.33. The van der Waals surface area contributed by atoms with Crippen LogP contribution in [0.25, 0.3) is 0 Å². The van der Waals surface area contributed by atoms with E-state index in [4.69, 9.17) is 4.18 Å². The topological polar surface area (TPSA) is 26.3 Å². The van der Waals surface area contributed by atoms with Gasteiger partial charge in [-0.05, 0) is 18.4 Å². The number of hydrogen-bond donors (Lipinski definition) is 0. The number of rotatable bonds is 2. The second-order valence-corrected chi connectivity index (χ2v) is 5.09. The Hall–Kier alpha value is -0.670. The molecule has 14 heavy (non-hydrogen) atoms. The fourth-order valence-electron chi connectivity index (χ4n) is 1.70. The van der Waals surface area contributed by atoms with Crippen molar-refractivity contribution in [2.24, 2.45) is 5.92 Å². The molecule has 1 aliphatic rings. The summed E-state index contributed by atoms with van der Waals surface area (Å²) in [6.07, 6.45) is 0.954. The van der Waals surface area contributed by atoms with Crippen LogP contribution in [-0.4, -0.2) is 4.21 Å². The molecule has 2 unspecified atom stereocenters. The lowest BCUT2D eigenvalue weighted by atomic mass is 10.00. The average molecular weight is 210 g/mol. The van der Waals surface area contributed by atoms with Gasteiger partial charge in [-0.25, -0.2) is 4.21 Å². The van der Waals surface area contributed by atoms with E-state index in [9.17, 15) is 4.21 Å². The molecule has 0 aliphatic carbocycles. The Morgan fingerprint density at radius 2 is 2.14 bits per heavy atom. The van der Waals surface area contributed by atoms with Crippen molar-refractivity contribution in [1.29, 1.82) is 0 Å². The highest BCUT2D eigenvalue weighted by Gasteiger charge is 2.29. The molecule has 2 nitrogen and oxygen atoms in total. The van der Waals surface area contributed by atoms with Gasteiger partial charge in [0, 0.05) is 5.56 Å². The molecular weight excluding hydrogens is 196 g/mol. The molecule has 0 amide bonds. The smallest absolute Gasteiger partial charge is 0.190 e. The maximum absolute atomic E-state index is 11.5. The maximum atomic E-state index is 11.5. The van der Waals surface area contributed by atoms with Crippen LogP contribution in [0.5, 0.6) is 0 Å². The van der Waals surface area contributed by atoms with Crippen molar-refractivity contribution in [2.75, 3.05) is 0 Å². The maximum Gasteiger partial charge on any atom is 0.190 e. The predicted molar refractivity (Wildman–Crippen MR) is 56.1 cm³/mol. The Labute approximate surface area is 86.9 Å². The van der Waals surface area contributed by atoms with Crippen LogP contribution in [0.3, 0.4) is 0 Å². The molecule has 2 atom stereocenters. The minimum atomic E-state index is -1.24. The van der Waals surface area contributed by atoms with Crippen LogP contribution in [0.1, 0.15) is 31.9 Å². The van der Waals surface area contributed by atoms with E-state index in [0.29, 0.717) is 5.92 Å². The van der Waals surface area contributed by atoms with Crippen molar-refractivity contribution in [3.63, 3.8) is 0 Å². The Balaban J connectivity index is 2.30. The molecule has 1 aromatic rings. The predicted octanol–water partition coefficient (Wildman–Crippen LogP) is 2.83. The van der Waals surface area contributed by atoms with Crippen LogP contribution >= 0.6 is 0 Å². The van der Waals surface area contributed by atoms with Crippen molar-refractivity contribution < 1.29 is 8.39 Å². The summed E-state index contributed by atoms with van der Waals surface area (Å²) in [7, 11) is 0. The summed E-state index contributed by atoms with van der Waals surface area (Å²) in [4.78, 5) is 0.846. The highest BCUT2D eigenvalue weighted by Crippen LogP contribution is 2.37. The van der Waals surface area contributed by atoms with Gasteiger partial charge in [-0.2, -0.15) is 0 Å². The zero-order chi connectivity index (χ0) is 10.1. The Morgan fingerprint density at radius 1 is 1.43 bits per heavy atom. The summed E-state index contributed by atoms with van der Waals surface area (Å²) in [5.74, 6) is 0.558. The Bertz CT molecular complexity index is 360. The molecule has 3 heteroatoms. The standard InChI is InChI=1S/C11H14O2S/c1-8(2)7-10-9-5-3-4-6-11(9)14(12)13-10/h3-6,8,10H,7H2,1-2H3. The minimum Gasteiger partial charge on any atom is -0.278 e. The van der Waals surface area contributed by atoms with Crippen molar-refractivity contribution in [2.45, 2.75) is 31.3 Å². The molecule has 0 N–H and O–H groups in total. The van der Waals surface area contributed by atoms with E-state index in [1.807, 2.05) is 24.3 Å². The molecule has 0 fully saturated rings. The number of hydrogen-bond acceptors (Lipinski definition) is 2. The molecule has 1 aromatic carbocycles. The molecule has 0 spiro atoms. The quantitative estimate of drug-likeness (QED) is 0.750. The molecule has 0 saturated heterocycles. The molecule has 0 aromatic heterocycles. The molecule has 76 valence electrons. The monoisotopic (exact) mass is 210 g/mol. The van der Waals surface area contributed by atoms with E-state index < -0.39 is 11.1 Å². The Morgan fingerprint density at radius 3 is 2.86 bits per heavy atom. The second kappa shape index (κ2) is 3.83. The average Bonchev–Trinajstić information content (AvgIpc) is 2.44. The first kappa shape index (κ1) is 9.87. The van der Waals surface area contributed by atoms with E-state index in [0.717, 1.165) is 16.9 Å². The van der Waals surface area contributed by atoms with E-state index in [1.165, 1.54) is 0 Å². The normalized spacial score (nSPS) is 25.4. The van der Waals surface area contributed by atoms with E-state index >= 15 is 0 Å². The summed E-state index contributed by atoms with van der Waals surface area (Å²) >= 11 is -1.24. The van der Waals surface area contributed by atoms with Gasteiger partial charge in [-0.1, -0.05) is 32.0 Å².